The summed E-state index contributed by atoms with van der Waals surface area (Å²) >= 11 is 5.97. The van der Waals surface area contributed by atoms with Crippen LogP contribution in [0, 0.1) is 6.92 Å². The summed E-state index contributed by atoms with van der Waals surface area (Å²) in [6, 6.07) is 1.79. The molecule has 2 rings (SSSR count). The van der Waals surface area contributed by atoms with E-state index < -0.39 is 5.91 Å². The minimum absolute atomic E-state index is 0.172. The molecule has 0 radical (unpaired) electrons. The van der Waals surface area contributed by atoms with Gasteiger partial charge in [-0.15, -0.1) is 5.10 Å². The lowest BCUT2D eigenvalue weighted by Gasteiger charge is -2.03. The van der Waals surface area contributed by atoms with E-state index in [1.165, 1.54) is 6.20 Å². The number of nitrogens with zero attached hydrogens (tertiary/aromatic N) is 3. The van der Waals surface area contributed by atoms with Crippen LogP contribution in [0.2, 0.25) is 5.02 Å². The molecule has 0 fully saturated rings. The normalized spacial score (nSPS) is 10.3. The van der Waals surface area contributed by atoms with Gasteiger partial charge >= 0.3 is 6.01 Å². The topological polar surface area (TPSA) is 92.8 Å². The Kier molecular flexibility index (Phi) is 3.96. The molecule has 2 aromatic heterocycles. The van der Waals surface area contributed by atoms with Crippen LogP contribution < -0.4 is 10.1 Å². The third-order valence-corrected chi connectivity index (χ3v) is 2.52. The van der Waals surface area contributed by atoms with E-state index in [1.54, 1.807) is 13.0 Å². The van der Waals surface area contributed by atoms with Gasteiger partial charge in [-0.05, 0) is 19.9 Å². The third-order valence-electron chi connectivity index (χ3n) is 2.21. The molecule has 100 valence electrons. The van der Waals surface area contributed by atoms with Crippen molar-refractivity contribution < 1.29 is 9.53 Å². The smallest absolute Gasteiger partial charge is 0.337 e. The molecule has 0 saturated carbocycles. The number of hydrogen-bond acceptors (Lipinski definition) is 5. The standard InChI is InChI=1S/C11H12ClN5O2/c1-3-19-11-15-10(16-17-11)14-9(18)7-5-13-6(2)4-8(7)12/h4-5H,3H2,1-2H3,(H2,14,15,16,17,18). The lowest BCUT2D eigenvalue weighted by atomic mass is 10.2. The Labute approximate surface area is 114 Å². The highest BCUT2D eigenvalue weighted by atomic mass is 35.5. The van der Waals surface area contributed by atoms with E-state index in [0.29, 0.717) is 11.6 Å². The Balaban J connectivity index is 2.11. The number of ether oxygens (including phenoxy) is 1. The summed E-state index contributed by atoms with van der Waals surface area (Å²) in [7, 11) is 0. The number of hydrogen-bond donors (Lipinski definition) is 2. The summed E-state index contributed by atoms with van der Waals surface area (Å²) in [6.45, 7) is 4.05. The Bertz CT molecular complexity index is 599. The zero-order valence-corrected chi connectivity index (χ0v) is 11.2. The van der Waals surface area contributed by atoms with Gasteiger partial charge in [0, 0.05) is 11.9 Å². The number of carbonyl (C=O) groups excluding carboxylic acids is 1. The number of aromatic nitrogens is 4. The molecule has 0 aliphatic rings. The molecule has 2 heterocycles. The highest BCUT2D eigenvalue weighted by molar-refractivity contribution is 6.34. The fourth-order valence-electron chi connectivity index (χ4n) is 1.36. The lowest BCUT2D eigenvalue weighted by molar-refractivity contribution is 0.102. The van der Waals surface area contributed by atoms with Gasteiger partial charge in [0.2, 0.25) is 5.95 Å². The van der Waals surface area contributed by atoms with Crippen LogP contribution in [0.3, 0.4) is 0 Å². The van der Waals surface area contributed by atoms with Crippen molar-refractivity contribution in [1.82, 2.24) is 20.2 Å². The minimum Gasteiger partial charge on any atom is -0.463 e. The summed E-state index contributed by atoms with van der Waals surface area (Å²) in [6.07, 6.45) is 1.41. The number of aromatic amines is 1. The van der Waals surface area contributed by atoms with E-state index in [4.69, 9.17) is 16.3 Å². The van der Waals surface area contributed by atoms with Gasteiger partial charge in [-0.2, -0.15) is 4.98 Å². The van der Waals surface area contributed by atoms with Crippen LogP contribution in [0.4, 0.5) is 5.95 Å². The number of rotatable bonds is 4. The van der Waals surface area contributed by atoms with Crippen molar-refractivity contribution in [1.29, 1.82) is 0 Å². The molecular formula is C11H12ClN5O2. The number of aryl methyl sites for hydroxylation is 1. The predicted octanol–water partition coefficient (Wildman–Crippen LogP) is 1.81. The Hall–Kier alpha value is -2.15. The second kappa shape index (κ2) is 5.66. The minimum atomic E-state index is -0.420. The van der Waals surface area contributed by atoms with Gasteiger partial charge in [0.15, 0.2) is 0 Å². The van der Waals surface area contributed by atoms with Gasteiger partial charge < -0.3 is 4.74 Å². The maximum Gasteiger partial charge on any atom is 0.337 e. The molecular weight excluding hydrogens is 270 g/mol. The SMILES string of the molecule is CCOc1n[nH]c(NC(=O)c2cnc(C)cc2Cl)n1. The Morgan fingerprint density at radius 3 is 3.05 bits per heavy atom. The largest absolute Gasteiger partial charge is 0.463 e. The lowest BCUT2D eigenvalue weighted by Crippen LogP contribution is -2.14. The van der Waals surface area contributed by atoms with Crippen molar-refractivity contribution >= 4 is 23.5 Å². The molecule has 0 unspecified atom stereocenters. The van der Waals surface area contributed by atoms with Crippen molar-refractivity contribution in [3.63, 3.8) is 0 Å². The maximum atomic E-state index is 11.9. The van der Waals surface area contributed by atoms with E-state index in [9.17, 15) is 4.79 Å². The van der Waals surface area contributed by atoms with E-state index in [1.807, 2.05) is 6.92 Å². The average molecular weight is 282 g/mol. The predicted molar refractivity (Wildman–Crippen MR) is 69.5 cm³/mol. The van der Waals surface area contributed by atoms with Crippen LogP contribution in [0.15, 0.2) is 12.3 Å². The summed E-state index contributed by atoms with van der Waals surface area (Å²) in [4.78, 5) is 19.9. The molecule has 0 saturated heterocycles. The molecule has 0 atom stereocenters. The van der Waals surface area contributed by atoms with Crippen molar-refractivity contribution in [3.8, 4) is 6.01 Å². The van der Waals surface area contributed by atoms with Crippen molar-refractivity contribution in [2.24, 2.45) is 0 Å². The molecule has 0 spiro atoms. The molecule has 0 aromatic carbocycles. The van der Waals surface area contributed by atoms with Crippen LogP contribution >= 0.6 is 11.6 Å². The molecule has 2 N–H and O–H groups in total. The monoisotopic (exact) mass is 281 g/mol. The highest BCUT2D eigenvalue weighted by Crippen LogP contribution is 2.17. The molecule has 1 amide bonds. The van der Waals surface area contributed by atoms with Crippen molar-refractivity contribution in [2.75, 3.05) is 11.9 Å². The fourth-order valence-corrected chi connectivity index (χ4v) is 1.66. The summed E-state index contributed by atoms with van der Waals surface area (Å²) in [5.74, 6) is -0.234. The summed E-state index contributed by atoms with van der Waals surface area (Å²) in [5.41, 5.74) is 1.00. The molecule has 0 bridgehead atoms. The number of amides is 1. The van der Waals surface area contributed by atoms with Gasteiger partial charge in [0.1, 0.15) is 0 Å². The molecule has 2 aromatic rings. The van der Waals surface area contributed by atoms with Crippen LogP contribution in [0.1, 0.15) is 23.0 Å². The van der Waals surface area contributed by atoms with Gasteiger partial charge in [-0.1, -0.05) is 11.6 Å². The maximum absolute atomic E-state index is 11.9. The van der Waals surface area contributed by atoms with Crippen LogP contribution in [-0.4, -0.2) is 32.7 Å². The van der Waals surface area contributed by atoms with Gasteiger partial charge in [0.05, 0.1) is 17.2 Å². The van der Waals surface area contributed by atoms with E-state index in [2.05, 4.69) is 25.5 Å². The second-order valence-corrected chi connectivity index (χ2v) is 4.07. The van der Waals surface area contributed by atoms with Crippen LogP contribution in [0.25, 0.3) is 0 Å². The van der Waals surface area contributed by atoms with E-state index >= 15 is 0 Å². The first-order valence-electron chi connectivity index (χ1n) is 5.59. The van der Waals surface area contributed by atoms with Gasteiger partial charge in [-0.25, -0.2) is 5.10 Å². The second-order valence-electron chi connectivity index (χ2n) is 3.66. The zero-order chi connectivity index (χ0) is 13.8. The number of halogens is 1. The molecule has 0 aliphatic heterocycles. The molecule has 7 nitrogen and oxygen atoms in total. The number of H-pyrrole nitrogens is 1. The molecule has 19 heavy (non-hydrogen) atoms. The van der Waals surface area contributed by atoms with Gasteiger partial charge in [-0.3, -0.25) is 15.1 Å². The quantitative estimate of drug-likeness (QED) is 0.891. The first kappa shape index (κ1) is 13.3. The van der Waals surface area contributed by atoms with E-state index in [0.717, 1.165) is 5.69 Å². The van der Waals surface area contributed by atoms with Crippen molar-refractivity contribution in [3.05, 3.63) is 28.5 Å². The van der Waals surface area contributed by atoms with Crippen LogP contribution in [0.5, 0.6) is 6.01 Å². The Morgan fingerprint density at radius 2 is 2.37 bits per heavy atom. The molecule has 8 heteroatoms. The number of carbonyl (C=O) groups is 1. The van der Waals surface area contributed by atoms with Gasteiger partial charge in [0.25, 0.3) is 5.91 Å². The number of pyridine rings is 1. The highest BCUT2D eigenvalue weighted by Gasteiger charge is 2.13. The summed E-state index contributed by atoms with van der Waals surface area (Å²) in [5, 5.41) is 9.16. The average Bonchev–Trinajstić information content (AvgIpc) is 2.76. The Morgan fingerprint density at radius 1 is 1.58 bits per heavy atom. The number of nitrogens with one attached hydrogen (secondary N) is 2. The first-order chi connectivity index (χ1) is 9.10. The van der Waals surface area contributed by atoms with Crippen LogP contribution in [-0.2, 0) is 0 Å². The summed E-state index contributed by atoms with van der Waals surface area (Å²) < 4.78 is 5.07. The number of anilines is 1. The zero-order valence-electron chi connectivity index (χ0n) is 10.4. The molecule has 0 aliphatic carbocycles. The third kappa shape index (κ3) is 3.19. The van der Waals surface area contributed by atoms with E-state index in [-0.39, 0.29) is 17.5 Å². The fraction of sp³-hybridized carbons (Fsp3) is 0.273. The van der Waals surface area contributed by atoms with Crippen molar-refractivity contribution in [2.45, 2.75) is 13.8 Å². The first-order valence-corrected chi connectivity index (χ1v) is 5.96.